The third kappa shape index (κ3) is 5.17. The van der Waals surface area contributed by atoms with E-state index in [1.54, 1.807) is 6.07 Å². The third-order valence-corrected chi connectivity index (χ3v) is 9.23. The molecule has 240 valence electrons. The first-order valence-corrected chi connectivity index (χ1v) is 16.8. The lowest BCUT2D eigenvalue weighted by molar-refractivity contribution is 0.477. The minimum Gasteiger partial charge on any atom is -0.507 e. The van der Waals surface area contributed by atoms with Crippen LogP contribution in [-0.4, -0.2) is 29.2 Å². The molecule has 0 saturated carbocycles. The molecule has 0 spiro atoms. The second kappa shape index (κ2) is 12.2. The molecule has 8 aromatic rings. The van der Waals surface area contributed by atoms with Crippen molar-refractivity contribution in [3.8, 4) is 51.3 Å². The summed E-state index contributed by atoms with van der Waals surface area (Å²) in [5.41, 5.74) is 11.5. The normalized spacial score (nSPS) is 11.7. The zero-order valence-corrected chi connectivity index (χ0v) is 28.0. The minimum atomic E-state index is 0.179. The highest BCUT2D eigenvalue weighted by Crippen LogP contribution is 2.39. The van der Waals surface area contributed by atoms with Gasteiger partial charge in [0, 0.05) is 11.3 Å². The summed E-state index contributed by atoms with van der Waals surface area (Å²) in [4.78, 5) is 15.7. The van der Waals surface area contributed by atoms with Gasteiger partial charge >= 0.3 is 0 Å². The zero-order valence-electron chi connectivity index (χ0n) is 28.0. The van der Waals surface area contributed by atoms with Gasteiger partial charge in [-0.2, -0.15) is 0 Å². The van der Waals surface area contributed by atoms with Gasteiger partial charge in [-0.05, 0) is 77.6 Å². The van der Waals surface area contributed by atoms with Crippen LogP contribution in [0.5, 0.6) is 5.75 Å². The van der Waals surface area contributed by atoms with Crippen LogP contribution < -0.4 is 0 Å². The fourth-order valence-electron chi connectivity index (χ4n) is 6.89. The van der Waals surface area contributed by atoms with Gasteiger partial charge in [-0.3, -0.25) is 9.13 Å². The summed E-state index contributed by atoms with van der Waals surface area (Å²) < 4.78 is 4.42. The molecular weight excluding hydrogens is 603 g/mol. The van der Waals surface area contributed by atoms with Crippen molar-refractivity contribution < 1.29 is 5.11 Å². The zero-order chi connectivity index (χ0) is 33.6. The predicted octanol–water partition coefficient (Wildman–Crippen LogP) is 10.7. The van der Waals surface area contributed by atoms with Crippen LogP contribution in [0, 0.1) is 0 Å². The Morgan fingerprint density at radius 1 is 0.490 bits per heavy atom. The second-order valence-corrected chi connectivity index (χ2v) is 13.1. The van der Waals surface area contributed by atoms with Crippen LogP contribution >= 0.6 is 0 Å². The number of pyridine rings is 1. The molecule has 1 N–H and O–H groups in total. The van der Waals surface area contributed by atoms with Crippen LogP contribution in [0.2, 0.25) is 0 Å². The third-order valence-electron chi connectivity index (χ3n) is 9.23. The van der Waals surface area contributed by atoms with E-state index in [0.29, 0.717) is 23.2 Å². The fraction of sp³-hybridized carbons (Fsp3) is 0.140. The van der Waals surface area contributed by atoms with E-state index in [2.05, 4.69) is 104 Å². The van der Waals surface area contributed by atoms with E-state index < -0.39 is 0 Å². The van der Waals surface area contributed by atoms with Gasteiger partial charge in [0.1, 0.15) is 17.3 Å². The Labute approximate surface area is 286 Å². The second-order valence-electron chi connectivity index (χ2n) is 13.1. The average molecular weight is 640 g/mol. The van der Waals surface area contributed by atoms with Crippen molar-refractivity contribution in [1.29, 1.82) is 0 Å². The minimum absolute atomic E-state index is 0.179. The Morgan fingerprint density at radius 2 is 1.10 bits per heavy atom. The van der Waals surface area contributed by atoms with Crippen molar-refractivity contribution in [3.63, 3.8) is 0 Å². The van der Waals surface area contributed by atoms with E-state index in [9.17, 15) is 5.11 Å². The first kappa shape index (κ1) is 30.3. The number of phenolic OH excluding ortho intramolecular Hbond substituents is 1. The van der Waals surface area contributed by atoms with Crippen LogP contribution in [0.4, 0.5) is 0 Å². The molecule has 0 unspecified atom stereocenters. The topological polar surface area (TPSA) is 68.8 Å². The number of benzene rings is 5. The highest BCUT2D eigenvalue weighted by molar-refractivity contribution is 5.95. The monoisotopic (exact) mass is 639 g/mol. The van der Waals surface area contributed by atoms with Gasteiger partial charge < -0.3 is 5.11 Å². The van der Waals surface area contributed by atoms with Gasteiger partial charge in [-0.25, -0.2) is 15.0 Å². The molecule has 6 heteroatoms. The Hall–Kier alpha value is -6.01. The summed E-state index contributed by atoms with van der Waals surface area (Å²) in [6.07, 6.45) is 0. The van der Waals surface area contributed by atoms with Crippen molar-refractivity contribution in [2.45, 2.75) is 39.5 Å². The van der Waals surface area contributed by atoms with Crippen molar-refractivity contribution in [2.75, 3.05) is 0 Å². The number of aromatic hydroxyl groups is 1. The summed E-state index contributed by atoms with van der Waals surface area (Å²) in [5, 5.41) is 10.9. The first-order valence-electron chi connectivity index (χ1n) is 16.8. The smallest absolute Gasteiger partial charge is 0.164 e. The highest BCUT2D eigenvalue weighted by atomic mass is 16.3. The average Bonchev–Trinajstić information content (AvgIpc) is 3.71. The molecule has 6 nitrogen and oxygen atoms in total. The van der Waals surface area contributed by atoms with Gasteiger partial charge in [0.05, 0.1) is 39.0 Å². The maximum Gasteiger partial charge on any atom is 0.164 e. The number of fused-ring (bicyclic) bond motifs is 2. The van der Waals surface area contributed by atoms with E-state index >= 15 is 0 Å². The number of hydrogen-bond acceptors (Lipinski definition) is 4. The molecule has 49 heavy (non-hydrogen) atoms. The Bertz CT molecular complexity index is 2440. The van der Waals surface area contributed by atoms with Gasteiger partial charge in [0.2, 0.25) is 0 Å². The molecular formula is C43H37N5O. The van der Waals surface area contributed by atoms with Crippen molar-refractivity contribution in [2.24, 2.45) is 0 Å². The Morgan fingerprint density at radius 3 is 1.86 bits per heavy atom. The van der Waals surface area contributed by atoms with Crippen molar-refractivity contribution in [1.82, 2.24) is 24.1 Å². The molecule has 0 aliphatic heterocycles. The number of imidazole rings is 2. The van der Waals surface area contributed by atoms with Gasteiger partial charge in [0.15, 0.2) is 5.82 Å². The van der Waals surface area contributed by atoms with Gasteiger partial charge in [-0.15, -0.1) is 0 Å². The molecule has 0 fully saturated rings. The molecule has 5 aromatic carbocycles. The number of aromatic nitrogens is 5. The molecule has 3 heterocycles. The number of hydrogen-bond donors (Lipinski definition) is 1. The van der Waals surface area contributed by atoms with Gasteiger partial charge in [-0.1, -0.05) is 107 Å². The van der Waals surface area contributed by atoms with E-state index in [4.69, 9.17) is 15.0 Å². The first-order chi connectivity index (χ1) is 23.9. The van der Waals surface area contributed by atoms with E-state index in [1.807, 2.05) is 60.7 Å². The number of nitrogens with zero attached hydrogens (tertiary/aromatic N) is 5. The maximum atomic E-state index is 10.9. The summed E-state index contributed by atoms with van der Waals surface area (Å²) in [6.45, 7) is 9.00. The molecule has 0 saturated heterocycles. The lowest BCUT2D eigenvalue weighted by Gasteiger charge is -2.22. The maximum absolute atomic E-state index is 10.9. The van der Waals surface area contributed by atoms with Crippen molar-refractivity contribution in [3.05, 3.63) is 145 Å². The number of para-hydroxylation sites is 6. The van der Waals surface area contributed by atoms with Gasteiger partial charge in [0.25, 0.3) is 0 Å². The highest BCUT2D eigenvalue weighted by Gasteiger charge is 2.24. The molecule has 3 aromatic heterocycles. The fourth-order valence-corrected chi connectivity index (χ4v) is 6.89. The standard InChI is InChI=1S/C43H37N5O/c1-27(2)30-18-12-19-31(28(3)4)41(30)48-37-24-10-9-21-35(37)45-43(48)36-23-14-22-34(44-36)32-20-13-25-38-40(32)46-42(33-17-8-11-26-39(33)49)47(38)29-15-6-5-7-16-29/h5-28,49H,1-4H3. The molecule has 8 rings (SSSR count). The Kier molecular flexibility index (Phi) is 7.56. The molecule has 0 aliphatic rings. The molecule has 0 aliphatic carbocycles. The largest absolute Gasteiger partial charge is 0.507 e. The number of rotatable bonds is 7. The molecule has 0 bridgehead atoms. The van der Waals surface area contributed by atoms with Crippen LogP contribution in [0.3, 0.4) is 0 Å². The summed E-state index contributed by atoms with van der Waals surface area (Å²) >= 11 is 0. The van der Waals surface area contributed by atoms with E-state index in [-0.39, 0.29) is 5.75 Å². The summed E-state index contributed by atoms with van der Waals surface area (Å²) in [7, 11) is 0. The molecule has 0 radical (unpaired) electrons. The summed E-state index contributed by atoms with van der Waals surface area (Å²) in [6, 6.07) is 44.8. The predicted molar refractivity (Wildman–Crippen MR) is 200 cm³/mol. The van der Waals surface area contributed by atoms with Crippen LogP contribution in [0.25, 0.3) is 67.6 Å². The SMILES string of the molecule is CC(C)c1cccc(C(C)C)c1-n1c(-c2cccc(-c3cccc4c3nc(-c3ccccc3O)n4-c3ccccc3)n2)nc2ccccc21. The van der Waals surface area contributed by atoms with Crippen LogP contribution in [0.1, 0.15) is 50.7 Å². The van der Waals surface area contributed by atoms with Crippen LogP contribution in [-0.2, 0) is 0 Å². The Balaban J connectivity index is 1.37. The lowest BCUT2D eigenvalue weighted by atomic mass is 9.92. The number of phenols is 1. The van der Waals surface area contributed by atoms with Crippen molar-refractivity contribution >= 4 is 22.1 Å². The summed E-state index contributed by atoms with van der Waals surface area (Å²) in [5.74, 6) is 2.28. The lowest BCUT2D eigenvalue weighted by Crippen LogP contribution is -2.09. The van der Waals surface area contributed by atoms with E-state index in [1.165, 1.54) is 16.8 Å². The van der Waals surface area contributed by atoms with Crippen LogP contribution in [0.15, 0.2) is 133 Å². The molecule has 0 atom stereocenters. The molecule has 0 amide bonds. The quantitative estimate of drug-likeness (QED) is 0.188. The van der Waals surface area contributed by atoms with E-state index in [0.717, 1.165) is 50.5 Å².